The second-order valence-electron chi connectivity index (χ2n) is 4.02. The normalized spacial score (nSPS) is 10.8. The molecule has 0 radical (unpaired) electrons. The van der Waals surface area contributed by atoms with Gasteiger partial charge in [-0.3, -0.25) is 4.79 Å². The van der Waals surface area contributed by atoms with Crippen LogP contribution in [0.15, 0.2) is 41.0 Å². The first-order valence-corrected chi connectivity index (χ1v) is 6.84. The van der Waals surface area contributed by atoms with Crippen LogP contribution in [0.2, 0.25) is 5.02 Å². The third-order valence-electron chi connectivity index (χ3n) is 2.57. The topological polar surface area (TPSA) is 34.0 Å². The largest absolute Gasteiger partial charge is 0.338 e. The molecule has 0 aliphatic rings. The molecule has 1 aromatic heterocycles. The Hall–Kier alpha value is -1.40. The minimum Gasteiger partial charge on any atom is -0.338 e. The van der Waals surface area contributed by atoms with Gasteiger partial charge in [0.05, 0.1) is 11.6 Å². The van der Waals surface area contributed by atoms with Gasteiger partial charge in [0.25, 0.3) is 12.3 Å². The standard InChI is InChI=1S/C13H10BrClF2N2O/c14-9-6-8(3-4-10(9)15)18-13(20)11-2-1-5-19(11)7-12(16)17/h1-6,12H,7H2,(H,18,20). The number of carbonyl (C=O) groups excluding carboxylic acids is 1. The van der Waals surface area contributed by atoms with Gasteiger partial charge in [0, 0.05) is 16.4 Å². The van der Waals surface area contributed by atoms with E-state index in [0.29, 0.717) is 15.2 Å². The minimum atomic E-state index is -2.52. The van der Waals surface area contributed by atoms with Gasteiger partial charge < -0.3 is 9.88 Å². The smallest absolute Gasteiger partial charge is 0.272 e. The molecule has 2 aromatic rings. The summed E-state index contributed by atoms with van der Waals surface area (Å²) < 4.78 is 26.6. The van der Waals surface area contributed by atoms with E-state index in [4.69, 9.17) is 11.6 Å². The maximum atomic E-state index is 12.4. The molecule has 0 aliphatic heterocycles. The second-order valence-corrected chi connectivity index (χ2v) is 5.28. The van der Waals surface area contributed by atoms with Gasteiger partial charge >= 0.3 is 0 Å². The Morgan fingerprint density at radius 3 is 2.80 bits per heavy atom. The lowest BCUT2D eigenvalue weighted by Gasteiger charge is -2.10. The van der Waals surface area contributed by atoms with E-state index in [1.54, 1.807) is 24.3 Å². The van der Waals surface area contributed by atoms with E-state index in [-0.39, 0.29) is 5.69 Å². The molecule has 1 N–H and O–H groups in total. The molecule has 0 saturated carbocycles. The Balaban J connectivity index is 2.15. The van der Waals surface area contributed by atoms with Crippen molar-refractivity contribution in [3.05, 3.63) is 51.7 Å². The number of amides is 1. The molecular weight excluding hydrogens is 354 g/mol. The third kappa shape index (κ3) is 3.58. The first-order chi connectivity index (χ1) is 9.47. The Morgan fingerprint density at radius 1 is 1.40 bits per heavy atom. The van der Waals surface area contributed by atoms with Crippen LogP contribution >= 0.6 is 27.5 Å². The molecule has 3 nitrogen and oxygen atoms in total. The molecule has 0 spiro atoms. The summed E-state index contributed by atoms with van der Waals surface area (Å²) in [4.78, 5) is 12.0. The summed E-state index contributed by atoms with van der Waals surface area (Å²) in [5.74, 6) is -0.454. The van der Waals surface area contributed by atoms with Crippen molar-refractivity contribution in [1.82, 2.24) is 4.57 Å². The van der Waals surface area contributed by atoms with E-state index in [0.717, 1.165) is 0 Å². The molecule has 0 aliphatic carbocycles. The lowest BCUT2D eigenvalue weighted by Crippen LogP contribution is -2.18. The molecule has 1 amide bonds. The predicted molar refractivity (Wildman–Crippen MR) is 77.5 cm³/mol. The number of rotatable bonds is 4. The van der Waals surface area contributed by atoms with E-state index >= 15 is 0 Å². The van der Waals surface area contributed by atoms with Gasteiger partial charge in [-0.25, -0.2) is 8.78 Å². The number of benzene rings is 1. The van der Waals surface area contributed by atoms with Gasteiger partial charge in [-0.15, -0.1) is 0 Å². The Kier molecular flexibility index (Phi) is 4.77. The number of anilines is 1. The van der Waals surface area contributed by atoms with Gasteiger partial charge in [-0.05, 0) is 46.3 Å². The molecular formula is C13H10BrClF2N2O. The number of halogens is 4. The lowest BCUT2D eigenvalue weighted by atomic mass is 10.3. The summed E-state index contributed by atoms with van der Waals surface area (Å²) >= 11 is 9.10. The Morgan fingerprint density at radius 2 is 2.15 bits per heavy atom. The SMILES string of the molecule is O=C(Nc1ccc(Cl)c(Br)c1)c1cccn1CC(F)F. The monoisotopic (exact) mass is 362 g/mol. The number of aromatic nitrogens is 1. The first-order valence-electron chi connectivity index (χ1n) is 5.67. The zero-order valence-electron chi connectivity index (χ0n) is 10.1. The van der Waals surface area contributed by atoms with Crippen LogP contribution < -0.4 is 5.32 Å². The van der Waals surface area contributed by atoms with Crippen LogP contribution in [-0.4, -0.2) is 16.9 Å². The van der Waals surface area contributed by atoms with Gasteiger partial charge in [0.1, 0.15) is 5.69 Å². The van der Waals surface area contributed by atoms with Gasteiger partial charge in [-0.1, -0.05) is 11.6 Å². The highest BCUT2D eigenvalue weighted by Gasteiger charge is 2.14. The summed E-state index contributed by atoms with van der Waals surface area (Å²) in [5.41, 5.74) is 0.701. The fourth-order valence-electron chi connectivity index (χ4n) is 1.70. The maximum Gasteiger partial charge on any atom is 0.272 e. The number of carbonyl (C=O) groups is 1. The lowest BCUT2D eigenvalue weighted by molar-refractivity contribution is 0.0998. The van der Waals surface area contributed by atoms with E-state index in [1.807, 2.05) is 0 Å². The van der Waals surface area contributed by atoms with Crippen molar-refractivity contribution in [3.63, 3.8) is 0 Å². The van der Waals surface area contributed by atoms with Crippen molar-refractivity contribution >= 4 is 39.1 Å². The van der Waals surface area contributed by atoms with Crippen molar-refractivity contribution in [2.75, 3.05) is 5.32 Å². The Bertz CT molecular complexity index is 631. The zero-order valence-corrected chi connectivity index (χ0v) is 12.5. The number of hydrogen-bond acceptors (Lipinski definition) is 1. The highest BCUT2D eigenvalue weighted by molar-refractivity contribution is 9.10. The van der Waals surface area contributed by atoms with Crippen LogP contribution in [0.1, 0.15) is 10.5 Å². The van der Waals surface area contributed by atoms with E-state index in [2.05, 4.69) is 21.2 Å². The summed E-state index contributed by atoms with van der Waals surface area (Å²) in [5, 5.41) is 3.15. The summed E-state index contributed by atoms with van der Waals surface area (Å²) in [6.45, 7) is -0.514. The van der Waals surface area contributed by atoms with Crippen molar-refractivity contribution in [3.8, 4) is 0 Å². The number of hydrogen-bond donors (Lipinski definition) is 1. The number of nitrogens with one attached hydrogen (secondary N) is 1. The molecule has 1 aromatic carbocycles. The number of nitrogens with zero attached hydrogens (tertiary/aromatic N) is 1. The third-order valence-corrected chi connectivity index (χ3v) is 3.79. The highest BCUT2D eigenvalue weighted by atomic mass is 79.9. The molecule has 20 heavy (non-hydrogen) atoms. The van der Waals surface area contributed by atoms with Crippen LogP contribution in [0, 0.1) is 0 Å². The molecule has 1 heterocycles. The average Bonchev–Trinajstić information content (AvgIpc) is 2.81. The molecule has 106 valence electrons. The molecule has 0 fully saturated rings. The predicted octanol–water partition coefficient (Wildman–Crippen LogP) is 4.42. The minimum absolute atomic E-state index is 0.177. The summed E-state index contributed by atoms with van der Waals surface area (Å²) in [7, 11) is 0. The van der Waals surface area contributed by atoms with Gasteiger partial charge in [0.2, 0.25) is 0 Å². The van der Waals surface area contributed by atoms with Crippen LogP contribution in [0.5, 0.6) is 0 Å². The van der Waals surface area contributed by atoms with E-state index < -0.39 is 18.9 Å². The zero-order chi connectivity index (χ0) is 14.7. The fourth-order valence-corrected chi connectivity index (χ4v) is 2.19. The highest BCUT2D eigenvalue weighted by Crippen LogP contribution is 2.25. The molecule has 0 atom stereocenters. The van der Waals surface area contributed by atoms with Crippen LogP contribution in [-0.2, 0) is 6.54 Å². The van der Waals surface area contributed by atoms with Crippen molar-refractivity contribution < 1.29 is 13.6 Å². The summed E-state index contributed by atoms with van der Waals surface area (Å²) in [6, 6.07) is 7.93. The fraction of sp³-hybridized carbons (Fsp3) is 0.154. The van der Waals surface area contributed by atoms with Gasteiger partial charge in [0.15, 0.2) is 0 Å². The van der Waals surface area contributed by atoms with E-state index in [1.165, 1.54) is 16.8 Å². The second kappa shape index (κ2) is 6.37. The molecule has 0 saturated heterocycles. The average molecular weight is 364 g/mol. The van der Waals surface area contributed by atoms with Crippen molar-refractivity contribution in [2.24, 2.45) is 0 Å². The first kappa shape index (κ1) is 15.0. The molecule has 7 heteroatoms. The summed E-state index contributed by atoms with van der Waals surface area (Å²) in [6.07, 6.45) is -1.07. The maximum absolute atomic E-state index is 12.4. The molecule has 0 bridgehead atoms. The van der Waals surface area contributed by atoms with Crippen molar-refractivity contribution in [2.45, 2.75) is 13.0 Å². The van der Waals surface area contributed by atoms with E-state index in [9.17, 15) is 13.6 Å². The molecule has 2 rings (SSSR count). The quantitative estimate of drug-likeness (QED) is 0.857. The Labute approximate surface area is 127 Å². The van der Waals surface area contributed by atoms with Gasteiger partial charge in [-0.2, -0.15) is 0 Å². The van der Waals surface area contributed by atoms with Crippen LogP contribution in [0.3, 0.4) is 0 Å². The number of alkyl halides is 2. The molecule has 0 unspecified atom stereocenters. The van der Waals surface area contributed by atoms with Crippen molar-refractivity contribution in [1.29, 1.82) is 0 Å². The van der Waals surface area contributed by atoms with Crippen LogP contribution in [0.4, 0.5) is 14.5 Å². The van der Waals surface area contributed by atoms with Crippen LogP contribution in [0.25, 0.3) is 0 Å².